The number of aromatic nitrogens is 2. The van der Waals surface area contributed by atoms with Gasteiger partial charge in [0, 0.05) is 36.2 Å². The lowest BCUT2D eigenvalue weighted by Crippen LogP contribution is -2.32. The van der Waals surface area contributed by atoms with Crippen molar-refractivity contribution in [3.63, 3.8) is 0 Å². The van der Waals surface area contributed by atoms with Gasteiger partial charge in [0.05, 0.1) is 18.2 Å². The van der Waals surface area contributed by atoms with E-state index in [0.717, 1.165) is 23.4 Å². The van der Waals surface area contributed by atoms with Crippen molar-refractivity contribution in [2.24, 2.45) is 5.73 Å². The van der Waals surface area contributed by atoms with Gasteiger partial charge in [0.1, 0.15) is 11.3 Å². The topological polar surface area (TPSA) is 96.4 Å². The quantitative estimate of drug-likeness (QED) is 0.829. The van der Waals surface area contributed by atoms with Crippen LogP contribution in [0.2, 0.25) is 0 Å². The second kappa shape index (κ2) is 6.97. The van der Waals surface area contributed by atoms with E-state index in [-0.39, 0.29) is 23.8 Å². The van der Waals surface area contributed by atoms with E-state index < -0.39 is 11.9 Å². The van der Waals surface area contributed by atoms with Gasteiger partial charge in [-0.05, 0) is 34.1 Å². The Balaban J connectivity index is 2.24. The lowest BCUT2D eigenvalue weighted by molar-refractivity contribution is -0.139. The summed E-state index contributed by atoms with van der Waals surface area (Å²) in [6.07, 6.45) is 1.79. The van der Waals surface area contributed by atoms with Gasteiger partial charge in [-0.15, -0.1) is 0 Å². The number of Topliss-reactive ketones (excluding diaryl/α,β-unsaturated/α-hetero) is 1. The van der Waals surface area contributed by atoms with E-state index in [1.165, 1.54) is 0 Å². The molecular formula is C19H25N3O4. The molecule has 0 spiro atoms. The Labute approximate surface area is 152 Å². The van der Waals surface area contributed by atoms with Crippen LogP contribution in [-0.4, -0.2) is 28.1 Å². The van der Waals surface area contributed by atoms with E-state index in [1.807, 2.05) is 25.5 Å². The number of allylic oxidation sites excluding steroid dienone is 2. The first-order valence-electron chi connectivity index (χ1n) is 9.05. The highest BCUT2D eigenvalue weighted by Gasteiger charge is 2.43. The lowest BCUT2D eigenvalue weighted by Gasteiger charge is -2.32. The molecule has 0 unspecified atom stereocenters. The molecule has 0 bridgehead atoms. The smallest absolute Gasteiger partial charge is 0.340 e. The number of nitrogens with zero attached hydrogens (tertiary/aromatic N) is 2. The van der Waals surface area contributed by atoms with Crippen molar-refractivity contribution < 1.29 is 19.1 Å². The van der Waals surface area contributed by atoms with Crippen molar-refractivity contribution in [1.82, 2.24) is 9.78 Å². The van der Waals surface area contributed by atoms with Gasteiger partial charge in [-0.2, -0.15) is 5.10 Å². The highest BCUT2D eigenvalue weighted by Crippen LogP contribution is 2.45. The number of ketones is 1. The number of hydrogen-bond acceptors (Lipinski definition) is 6. The number of aryl methyl sites for hydroxylation is 2. The number of carbonyl (C=O) groups excluding carboxylic acids is 2. The molecule has 1 aliphatic heterocycles. The molecule has 0 aromatic carbocycles. The number of esters is 1. The van der Waals surface area contributed by atoms with Crippen LogP contribution in [-0.2, 0) is 25.6 Å². The summed E-state index contributed by atoms with van der Waals surface area (Å²) in [5.74, 6) is -0.563. The summed E-state index contributed by atoms with van der Waals surface area (Å²) in [5.41, 5.74) is 9.36. The SMILES string of the molecule is CCOC(=O)C1=C(N)OC2=C(C(=O)CCC2)[C@@H]1c1c(C)nn(CC)c1C. The molecule has 0 saturated heterocycles. The van der Waals surface area contributed by atoms with E-state index in [2.05, 4.69) is 5.10 Å². The van der Waals surface area contributed by atoms with Crippen molar-refractivity contribution >= 4 is 11.8 Å². The van der Waals surface area contributed by atoms with Gasteiger partial charge in [-0.3, -0.25) is 9.48 Å². The van der Waals surface area contributed by atoms with Crippen LogP contribution < -0.4 is 5.73 Å². The molecule has 2 N–H and O–H groups in total. The number of carbonyl (C=O) groups is 2. The van der Waals surface area contributed by atoms with Crippen LogP contribution in [0, 0.1) is 13.8 Å². The van der Waals surface area contributed by atoms with Crippen molar-refractivity contribution in [2.45, 2.75) is 59.4 Å². The molecule has 3 rings (SSSR count). The Bertz CT molecular complexity index is 832. The average molecular weight is 359 g/mol. The van der Waals surface area contributed by atoms with Crippen molar-refractivity contribution in [3.05, 3.63) is 39.7 Å². The number of rotatable bonds is 4. The van der Waals surface area contributed by atoms with Crippen LogP contribution in [0.1, 0.15) is 56.0 Å². The third kappa shape index (κ3) is 2.81. The lowest BCUT2D eigenvalue weighted by atomic mass is 9.76. The van der Waals surface area contributed by atoms with E-state index in [0.29, 0.717) is 30.7 Å². The molecule has 2 heterocycles. The monoisotopic (exact) mass is 359 g/mol. The van der Waals surface area contributed by atoms with Crippen LogP contribution >= 0.6 is 0 Å². The first-order chi connectivity index (χ1) is 12.4. The summed E-state index contributed by atoms with van der Waals surface area (Å²) in [5, 5.41) is 4.56. The highest BCUT2D eigenvalue weighted by molar-refractivity contribution is 6.03. The second-order valence-electron chi connectivity index (χ2n) is 6.55. The summed E-state index contributed by atoms with van der Waals surface area (Å²) in [4.78, 5) is 25.4. The van der Waals surface area contributed by atoms with Gasteiger partial charge in [0.2, 0.25) is 5.88 Å². The maximum absolute atomic E-state index is 12.8. The van der Waals surface area contributed by atoms with Crippen molar-refractivity contribution in [1.29, 1.82) is 0 Å². The maximum atomic E-state index is 12.8. The first-order valence-corrected chi connectivity index (χ1v) is 9.05. The molecule has 1 aromatic heterocycles. The molecule has 0 fully saturated rings. The average Bonchev–Trinajstić information content (AvgIpc) is 2.87. The molecule has 140 valence electrons. The van der Waals surface area contributed by atoms with Gasteiger partial charge in [-0.25, -0.2) is 4.79 Å². The zero-order valence-corrected chi connectivity index (χ0v) is 15.7. The number of hydrogen-bond donors (Lipinski definition) is 1. The van der Waals surface area contributed by atoms with Gasteiger partial charge in [0.25, 0.3) is 0 Å². The molecule has 7 nitrogen and oxygen atoms in total. The van der Waals surface area contributed by atoms with Crippen LogP contribution in [0.15, 0.2) is 22.8 Å². The fraction of sp³-hybridized carbons (Fsp3) is 0.526. The van der Waals surface area contributed by atoms with E-state index >= 15 is 0 Å². The molecule has 7 heteroatoms. The van der Waals surface area contributed by atoms with E-state index in [4.69, 9.17) is 15.2 Å². The molecule has 1 aromatic rings. The molecule has 2 aliphatic rings. The third-order valence-electron chi connectivity index (χ3n) is 5.01. The predicted molar refractivity (Wildman–Crippen MR) is 94.9 cm³/mol. The third-order valence-corrected chi connectivity index (χ3v) is 5.01. The number of nitrogens with two attached hydrogens (primary N) is 1. The molecular weight excluding hydrogens is 334 g/mol. The normalized spacial score (nSPS) is 20.2. The first kappa shape index (κ1) is 18.2. The Morgan fingerprint density at radius 3 is 2.69 bits per heavy atom. The summed E-state index contributed by atoms with van der Waals surface area (Å²) in [6.45, 7) is 8.48. The minimum absolute atomic E-state index is 0.00593. The predicted octanol–water partition coefficient (Wildman–Crippen LogP) is 2.37. The zero-order valence-electron chi connectivity index (χ0n) is 15.7. The molecule has 1 atom stereocenters. The Morgan fingerprint density at radius 2 is 2.08 bits per heavy atom. The summed E-state index contributed by atoms with van der Waals surface area (Å²) < 4.78 is 12.8. The zero-order chi connectivity index (χ0) is 19.0. The minimum atomic E-state index is -0.592. The summed E-state index contributed by atoms with van der Waals surface area (Å²) in [7, 11) is 0. The molecule has 26 heavy (non-hydrogen) atoms. The van der Waals surface area contributed by atoms with Crippen LogP contribution in [0.3, 0.4) is 0 Å². The minimum Gasteiger partial charge on any atom is -0.462 e. The van der Waals surface area contributed by atoms with E-state index in [9.17, 15) is 9.59 Å². The largest absolute Gasteiger partial charge is 0.462 e. The second-order valence-corrected chi connectivity index (χ2v) is 6.55. The molecule has 0 amide bonds. The van der Waals surface area contributed by atoms with E-state index in [1.54, 1.807) is 6.92 Å². The molecule has 1 aliphatic carbocycles. The summed E-state index contributed by atoms with van der Waals surface area (Å²) in [6, 6.07) is 0. The van der Waals surface area contributed by atoms with Crippen LogP contribution in [0.5, 0.6) is 0 Å². The van der Waals surface area contributed by atoms with Gasteiger partial charge < -0.3 is 15.2 Å². The Hall–Kier alpha value is -2.57. The van der Waals surface area contributed by atoms with Crippen molar-refractivity contribution in [2.75, 3.05) is 6.61 Å². The van der Waals surface area contributed by atoms with Crippen molar-refractivity contribution in [3.8, 4) is 0 Å². The van der Waals surface area contributed by atoms with Gasteiger partial charge in [0.15, 0.2) is 5.78 Å². The maximum Gasteiger partial charge on any atom is 0.340 e. The fourth-order valence-electron chi connectivity index (χ4n) is 3.89. The fourth-order valence-corrected chi connectivity index (χ4v) is 3.89. The standard InChI is InChI=1S/C19H25N3O4/c1-5-22-11(4)14(10(3)21-22)16-15-12(23)8-7-9-13(15)26-18(20)17(16)19(24)25-6-2/h16H,5-9,20H2,1-4H3/t16-/m0/s1. The Kier molecular flexibility index (Phi) is 4.89. The van der Waals surface area contributed by atoms with Gasteiger partial charge >= 0.3 is 5.97 Å². The summed E-state index contributed by atoms with van der Waals surface area (Å²) >= 11 is 0. The molecule has 0 saturated carbocycles. The molecule has 0 radical (unpaired) electrons. The van der Waals surface area contributed by atoms with Crippen LogP contribution in [0.4, 0.5) is 0 Å². The van der Waals surface area contributed by atoms with Gasteiger partial charge in [-0.1, -0.05) is 0 Å². The van der Waals surface area contributed by atoms with Crippen LogP contribution in [0.25, 0.3) is 0 Å². The Morgan fingerprint density at radius 1 is 1.35 bits per heavy atom. The highest BCUT2D eigenvalue weighted by atomic mass is 16.5. The number of ether oxygens (including phenoxy) is 2.